The van der Waals surface area contributed by atoms with E-state index in [1.54, 1.807) is 12.1 Å². The van der Waals surface area contributed by atoms with Gasteiger partial charge >= 0.3 is 0 Å². The predicted octanol–water partition coefficient (Wildman–Crippen LogP) is 3.08. The zero-order chi connectivity index (χ0) is 14.7. The monoisotopic (exact) mass is 278 g/mol. The SMILES string of the molecule is CCC1NC(c2ccc(F)cc2)N(CCC(C)C)C1=O. The van der Waals surface area contributed by atoms with Crippen molar-refractivity contribution in [2.75, 3.05) is 6.54 Å². The fourth-order valence-corrected chi connectivity index (χ4v) is 2.53. The predicted molar refractivity (Wildman–Crippen MR) is 77.5 cm³/mol. The summed E-state index contributed by atoms with van der Waals surface area (Å²) >= 11 is 0. The van der Waals surface area contributed by atoms with Crippen LogP contribution in [0.4, 0.5) is 4.39 Å². The Morgan fingerprint density at radius 3 is 2.50 bits per heavy atom. The first-order valence-electron chi connectivity index (χ1n) is 7.35. The summed E-state index contributed by atoms with van der Waals surface area (Å²) in [6.07, 6.45) is 1.61. The fourth-order valence-electron chi connectivity index (χ4n) is 2.53. The molecule has 3 nitrogen and oxygen atoms in total. The molecule has 0 aliphatic carbocycles. The highest BCUT2D eigenvalue weighted by molar-refractivity contribution is 5.84. The van der Waals surface area contributed by atoms with Gasteiger partial charge in [0.25, 0.3) is 0 Å². The van der Waals surface area contributed by atoms with Gasteiger partial charge in [-0.3, -0.25) is 10.1 Å². The molecule has 1 aromatic carbocycles. The highest BCUT2D eigenvalue weighted by Gasteiger charge is 2.38. The Balaban J connectivity index is 2.19. The first kappa shape index (κ1) is 15.0. The molecule has 2 rings (SSSR count). The molecule has 1 N–H and O–H groups in total. The number of carbonyl (C=O) groups excluding carboxylic acids is 1. The maximum Gasteiger partial charge on any atom is 0.241 e. The smallest absolute Gasteiger partial charge is 0.241 e. The van der Waals surface area contributed by atoms with Gasteiger partial charge in [0, 0.05) is 6.54 Å². The quantitative estimate of drug-likeness (QED) is 0.897. The lowest BCUT2D eigenvalue weighted by molar-refractivity contribution is -0.130. The summed E-state index contributed by atoms with van der Waals surface area (Å²) in [7, 11) is 0. The summed E-state index contributed by atoms with van der Waals surface area (Å²) in [5.41, 5.74) is 0.944. The van der Waals surface area contributed by atoms with Crippen molar-refractivity contribution in [2.45, 2.75) is 45.8 Å². The highest BCUT2D eigenvalue weighted by atomic mass is 19.1. The van der Waals surface area contributed by atoms with E-state index in [2.05, 4.69) is 19.2 Å². The number of hydrogen-bond acceptors (Lipinski definition) is 2. The number of hydrogen-bond donors (Lipinski definition) is 1. The number of carbonyl (C=O) groups is 1. The lowest BCUT2D eigenvalue weighted by Crippen LogP contribution is -2.32. The van der Waals surface area contributed by atoms with Crippen LogP contribution in [0.5, 0.6) is 0 Å². The lowest BCUT2D eigenvalue weighted by Gasteiger charge is -2.25. The van der Waals surface area contributed by atoms with Gasteiger partial charge in [-0.2, -0.15) is 0 Å². The Bertz CT molecular complexity index is 458. The molecule has 0 saturated carbocycles. The van der Waals surface area contributed by atoms with Crippen molar-refractivity contribution in [1.29, 1.82) is 0 Å². The maximum absolute atomic E-state index is 13.0. The van der Waals surface area contributed by atoms with Crippen molar-refractivity contribution in [3.05, 3.63) is 35.6 Å². The van der Waals surface area contributed by atoms with E-state index in [1.807, 2.05) is 11.8 Å². The number of nitrogens with zero attached hydrogens (tertiary/aromatic N) is 1. The van der Waals surface area contributed by atoms with E-state index in [-0.39, 0.29) is 23.9 Å². The van der Waals surface area contributed by atoms with Crippen LogP contribution in [0.2, 0.25) is 0 Å². The molecular weight excluding hydrogens is 255 g/mol. The Morgan fingerprint density at radius 2 is 1.95 bits per heavy atom. The summed E-state index contributed by atoms with van der Waals surface area (Å²) in [6.45, 7) is 7.04. The van der Waals surface area contributed by atoms with Gasteiger partial charge in [-0.25, -0.2) is 4.39 Å². The molecule has 0 bridgehead atoms. The molecular formula is C16H23FN2O. The Kier molecular flexibility index (Phi) is 4.76. The number of rotatable bonds is 5. The van der Waals surface area contributed by atoms with Crippen LogP contribution in [0.3, 0.4) is 0 Å². The summed E-state index contributed by atoms with van der Waals surface area (Å²) < 4.78 is 13.0. The molecule has 110 valence electrons. The second-order valence-corrected chi connectivity index (χ2v) is 5.80. The van der Waals surface area contributed by atoms with E-state index in [1.165, 1.54) is 12.1 Å². The summed E-state index contributed by atoms with van der Waals surface area (Å²) in [5.74, 6) is 0.457. The molecule has 1 fully saturated rings. The average Bonchev–Trinajstić information content (AvgIpc) is 2.74. The highest BCUT2D eigenvalue weighted by Crippen LogP contribution is 2.27. The second-order valence-electron chi connectivity index (χ2n) is 5.80. The third-order valence-electron chi connectivity index (χ3n) is 3.79. The molecule has 1 heterocycles. The van der Waals surface area contributed by atoms with Crippen molar-refractivity contribution >= 4 is 5.91 Å². The van der Waals surface area contributed by atoms with Gasteiger partial charge in [0.1, 0.15) is 12.0 Å². The van der Waals surface area contributed by atoms with Crippen molar-refractivity contribution in [1.82, 2.24) is 10.2 Å². The van der Waals surface area contributed by atoms with Crippen LogP contribution in [0.1, 0.15) is 45.3 Å². The minimum absolute atomic E-state index is 0.128. The molecule has 0 spiro atoms. The molecule has 0 aromatic heterocycles. The summed E-state index contributed by atoms with van der Waals surface area (Å²) in [5, 5.41) is 3.35. The van der Waals surface area contributed by atoms with Gasteiger partial charge in [-0.1, -0.05) is 32.9 Å². The second kappa shape index (κ2) is 6.35. The number of amides is 1. The van der Waals surface area contributed by atoms with Crippen molar-refractivity contribution in [3.63, 3.8) is 0 Å². The van der Waals surface area contributed by atoms with Crippen LogP contribution in [-0.2, 0) is 4.79 Å². The average molecular weight is 278 g/mol. The van der Waals surface area contributed by atoms with E-state index in [0.717, 1.165) is 24.9 Å². The lowest BCUT2D eigenvalue weighted by atomic mass is 10.1. The van der Waals surface area contributed by atoms with E-state index in [0.29, 0.717) is 5.92 Å². The fraction of sp³-hybridized carbons (Fsp3) is 0.562. The first-order chi connectivity index (χ1) is 9.52. The van der Waals surface area contributed by atoms with Crippen LogP contribution in [0.25, 0.3) is 0 Å². The van der Waals surface area contributed by atoms with Crippen LogP contribution < -0.4 is 5.32 Å². The van der Waals surface area contributed by atoms with Crippen molar-refractivity contribution < 1.29 is 9.18 Å². The normalized spacial score (nSPS) is 22.9. The molecule has 1 aliphatic rings. The van der Waals surface area contributed by atoms with Crippen LogP contribution >= 0.6 is 0 Å². The Hall–Kier alpha value is -1.42. The Morgan fingerprint density at radius 1 is 1.30 bits per heavy atom. The topological polar surface area (TPSA) is 32.3 Å². The minimum Gasteiger partial charge on any atom is -0.322 e. The molecule has 20 heavy (non-hydrogen) atoms. The molecule has 2 unspecified atom stereocenters. The van der Waals surface area contributed by atoms with E-state index in [4.69, 9.17) is 0 Å². The van der Waals surface area contributed by atoms with E-state index < -0.39 is 0 Å². The van der Waals surface area contributed by atoms with Gasteiger partial charge in [-0.15, -0.1) is 0 Å². The summed E-state index contributed by atoms with van der Waals surface area (Å²) in [4.78, 5) is 14.3. The zero-order valence-corrected chi connectivity index (χ0v) is 12.4. The van der Waals surface area contributed by atoms with Gasteiger partial charge in [0.2, 0.25) is 5.91 Å². The third kappa shape index (κ3) is 3.18. The van der Waals surface area contributed by atoms with Crippen molar-refractivity contribution in [2.24, 2.45) is 5.92 Å². The number of halogens is 1. The van der Waals surface area contributed by atoms with Crippen LogP contribution in [-0.4, -0.2) is 23.4 Å². The molecule has 0 radical (unpaired) electrons. The zero-order valence-electron chi connectivity index (χ0n) is 12.4. The van der Waals surface area contributed by atoms with Gasteiger partial charge in [0.05, 0.1) is 6.04 Å². The van der Waals surface area contributed by atoms with Gasteiger partial charge < -0.3 is 4.90 Å². The molecule has 1 aromatic rings. The van der Waals surface area contributed by atoms with Gasteiger partial charge in [0.15, 0.2) is 0 Å². The molecule has 1 saturated heterocycles. The first-order valence-corrected chi connectivity index (χ1v) is 7.35. The van der Waals surface area contributed by atoms with Gasteiger partial charge in [-0.05, 0) is 36.5 Å². The third-order valence-corrected chi connectivity index (χ3v) is 3.79. The number of nitrogens with one attached hydrogen (secondary N) is 1. The van der Waals surface area contributed by atoms with Crippen LogP contribution in [0, 0.1) is 11.7 Å². The van der Waals surface area contributed by atoms with Crippen molar-refractivity contribution in [3.8, 4) is 0 Å². The molecule has 4 heteroatoms. The van der Waals surface area contributed by atoms with E-state index in [9.17, 15) is 9.18 Å². The standard InChI is InChI=1S/C16H23FN2O/c1-4-14-16(20)19(10-9-11(2)3)15(18-14)12-5-7-13(17)8-6-12/h5-8,11,14-15,18H,4,9-10H2,1-3H3. The number of benzene rings is 1. The molecule has 1 amide bonds. The van der Waals surface area contributed by atoms with Crippen LogP contribution in [0.15, 0.2) is 24.3 Å². The molecule has 2 atom stereocenters. The molecule has 1 aliphatic heterocycles. The Labute approximate surface area is 120 Å². The summed E-state index contributed by atoms with van der Waals surface area (Å²) in [6, 6.07) is 6.27. The maximum atomic E-state index is 13.0. The minimum atomic E-state index is -0.251. The van der Waals surface area contributed by atoms with E-state index >= 15 is 0 Å². The largest absolute Gasteiger partial charge is 0.322 e.